The minimum absolute atomic E-state index is 0.614. The van der Waals surface area contributed by atoms with Crippen molar-refractivity contribution in [1.82, 2.24) is 20.5 Å². The van der Waals surface area contributed by atoms with Gasteiger partial charge in [-0.25, -0.2) is 4.98 Å². The van der Waals surface area contributed by atoms with Crippen LogP contribution in [0.3, 0.4) is 0 Å². The molecule has 3 fully saturated rings. The molecule has 0 bridgehead atoms. The molecule has 3 saturated heterocycles. The van der Waals surface area contributed by atoms with Gasteiger partial charge in [0.1, 0.15) is 5.82 Å². The Morgan fingerprint density at radius 3 is 2.65 bits per heavy atom. The van der Waals surface area contributed by atoms with E-state index in [1.165, 1.54) is 64.0 Å². The van der Waals surface area contributed by atoms with Crippen molar-refractivity contribution >= 4 is 5.82 Å². The molecule has 0 aromatic carbocycles. The summed E-state index contributed by atoms with van der Waals surface area (Å²) in [5.41, 5.74) is 1.40. The summed E-state index contributed by atoms with van der Waals surface area (Å²) >= 11 is 0. The van der Waals surface area contributed by atoms with Gasteiger partial charge < -0.3 is 15.5 Å². The van der Waals surface area contributed by atoms with Crippen LogP contribution in [-0.2, 0) is 0 Å². The molecule has 1 aromatic heterocycles. The number of aromatic nitrogens is 1. The number of nitrogens with zero attached hydrogens (tertiary/aromatic N) is 3. The summed E-state index contributed by atoms with van der Waals surface area (Å²) in [5.74, 6) is 2.68. The van der Waals surface area contributed by atoms with Crippen molar-refractivity contribution in [2.24, 2.45) is 5.92 Å². The van der Waals surface area contributed by atoms with Gasteiger partial charge >= 0.3 is 0 Å². The smallest absolute Gasteiger partial charge is 0.128 e. The Hall–Kier alpha value is -1.17. The van der Waals surface area contributed by atoms with E-state index in [-0.39, 0.29) is 0 Å². The van der Waals surface area contributed by atoms with Crippen LogP contribution in [-0.4, -0.2) is 68.3 Å². The first-order valence-electron chi connectivity index (χ1n) is 10.7. The van der Waals surface area contributed by atoms with Gasteiger partial charge in [0.25, 0.3) is 0 Å². The SMILES string of the molecule is C[C@H]1CN(c2ccc([C@H]3CCCNC3)cn2)CCN1CC1CCNCC1. The molecule has 3 aliphatic rings. The minimum atomic E-state index is 0.614. The first kappa shape index (κ1) is 18.2. The Balaban J connectivity index is 1.31. The monoisotopic (exact) mass is 357 g/mol. The average molecular weight is 358 g/mol. The van der Waals surface area contributed by atoms with Crippen molar-refractivity contribution in [3.8, 4) is 0 Å². The van der Waals surface area contributed by atoms with Crippen LogP contribution in [0, 0.1) is 5.92 Å². The highest BCUT2D eigenvalue weighted by Gasteiger charge is 2.27. The summed E-state index contributed by atoms with van der Waals surface area (Å²) in [4.78, 5) is 10.0. The number of pyridine rings is 1. The van der Waals surface area contributed by atoms with Crippen LogP contribution < -0.4 is 15.5 Å². The van der Waals surface area contributed by atoms with Crippen LogP contribution in [0.5, 0.6) is 0 Å². The van der Waals surface area contributed by atoms with Crippen LogP contribution in [0.25, 0.3) is 0 Å². The Kier molecular flexibility index (Phi) is 6.08. The van der Waals surface area contributed by atoms with Gasteiger partial charge in [0, 0.05) is 45.0 Å². The number of rotatable bonds is 4. The van der Waals surface area contributed by atoms with Crippen molar-refractivity contribution in [3.63, 3.8) is 0 Å². The summed E-state index contributed by atoms with van der Waals surface area (Å²) < 4.78 is 0. The fourth-order valence-corrected chi connectivity index (χ4v) is 4.83. The molecule has 26 heavy (non-hydrogen) atoms. The molecule has 3 aliphatic heterocycles. The van der Waals surface area contributed by atoms with Crippen LogP contribution in [0.15, 0.2) is 18.3 Å². The van der Waals surface area contributed by atoms with Crippen molar-refractivity contribution < 1.29 is 0 Å². The van der Waals surface area contributed by atoms with Crippen LogP contribution >= 0.6 is 0 Å². The normalized spacial score (nSPS) is 29.0. The second-order valence-electron chi connectivity index (χ2n) is 8.48. The molecule has 2 atom stereocenters. The average Bonchev–Trinajstić information content (AvgIpc) is 2.71. The maximum absolute atomic E-state index is 4.82. The number of piperidine rings is 2. The van der Waals surface area contributed by atoms with E-state index < -0.39 is 0 Å². The third kappa shape index (κ3) is 4.38. The summed E-state index contributed by atoms with van der Waals surface area (Å²) in [6.07, 6.45) is 7.38. The lowest BCUT2D eigenvalue weighted by atomic mass is 9.93. The summed E-state index contributed by atoms with van der Waals surface area (Å²) in [7, 11) is 0. The number of hydrogen-bond donors (Lipinski definition) is 2. The van der Waals surface area contributed by atoms with Gasteiger partial charge in [0.05, 0.1) is 0 Å². The van der Waals surface area contributed by atoms with E-state index in [1.54, 1.807) is 0 Å². The van der Waals surface area contributed by atoms with Crippen molar-refractivity contribution in [2.45, 2.75) is 44.6 Å². The number of anilines is 1. The van der Waals surface area contributed by atoms with Gasteiger partial charge in [-0.3, -0.25) is 4.90 Å². The molecule has 2 N–H and O–H groups in total. The zero-order chi connectivity index (χ0) is 17.8. The number of piperazine rings is 1. The van der Waals surface area contributed by atoms with Crippen LogP contribution in [0.1, 0.15) is 44.1 Å². The zero-order valence-corrected chi connectivity index (χ0v) is 16.3. The second kappa shape index (κ2) is 8.68. The molecule has 0 saturated carbocycles. The Morgan fingerprint density at radius 1 is 1.08 bits per heavy atom. The van der Waals surface area contributed by atoms with Crippen molar-refractivity contribution in [1.29, 1.82) is 0 Å². The van der Waals surface area contributed by atoms with E-state index in [0.29, 0.717) is 12.0 Å². The lowest BCUT2D eigenvalue weighted by Crippen LogP contribution is -2.53. The third-order valence-electron chi connectivity index (χ3n) is 6.58. The first-order chi connectivity index (χ1) is 12.8. The highest BCUT2D eigenvalue weighted by Crippen LogP contribution is 2.25. The van der Waals surface area contributed by atoms with Gasteiger partial charge in [0.2, 0.25) is 0 Å². The van der Waals surface area contributed by atoms with E-state index in [4.69, 9.17) is 4.98 Å². The molecule has 0 radical (unpaired) electrons. The van der Waals surface area contributed by atoms with Gasteiger partial charge in [-0.2, -0.15) is 0 Å². The largest absolute Gasteiger partial charge is 0.354 e. The van der Waals surface area contributed by atoms with Crippen molar-refractivity contribution in [2.75, 3.05) is 57.3 Å². The molecule has 0 spiro atoms. The van der Waals surface area contributed by atoms with Gasteiger partial charge in [-0.05, 0) is 75.7 Å². The van der Waals surface area contributed by atoms with E-state index in [2.05, 4.69) is 45.7 Å². The molecule has 0 aliphatic carbocycles. The third-order valence-corrected chi connectivity index (χ3v) is 6.58. The van der Waals surface area contributed by atoms with E-state index in [0.717, 1.165) is 31.4 Å². The van der Waals surface area contributed by atoms with Crippen LogP contribution in [0.2, 0.25) is 0 Å². The number of nitrogens with one attached hydrogen (secondary N) is 2. The Bertz CT molecular complexity index is 548. The molecule has 144 valence electrons. The fourth-order valence-electron chi connectivity index (χ4n) is 4.83. The maximum Gasteiger partial charge on any atom is 0.128 e. The van der Waals surface area contributed by atoms with Gasteiger partial charge in [-0.1, -0.05) is 6.07 Å². The molecule has 1 aromatic rings. The molecule has 4 rings (SSSR count). The molecular formula is C21H35N5. The Labute approximate surface area is 158 Å². The van der Waals surface area contributed by atoms with Crippen LogP contribution in [0.4, 0.5) is 5.82 Å². The molecule has 0 unspecified atom stereocenters. The molecular weight excluding hydrogens is 322 g/mol. The minimum Gasteiger partial charge on any atom is -0.354 e. The topological polar surface area (TPSA) is 43.4 Å². The summed E-state index contributed by atoms with van der Waals surface area (Å²) in [6.45, 7) is 11.7. The quantitative estimate of drug-likeness (QED) is 0.863. The highest BCUT2D eigenvalue weighted by atomic mass is 15.3. The number of hydrogen-bond acceptors (Lipinski definition) is 5. The van der Waals surface area contributed by atoms with E-state index in [1.807, 2.05) is 0 Å². The predicted octanol–water partition coefficient (Wildman–Crippen LogP) is 2.06. The molecule has 0 amide bonds. The predicted molar refractivity (Wildman–Crippen MR) is 108 cm³/mol. The van der Waals surface area contributed by atoms with E-state index >= 15 is 0 Å². The summed E-state index contributed by atoms with van der Waals surface area (Å²) in [6, 6.07) is 5.17. The zero-order valence-electron chi connectivity index (χ0n) is 16.3. The Morgan fingerprint density at radius 2 is 1.96 bits per heavy atom. The standard InChI is InChI=1S/C21H35N5/c1-17-15-26(12-11-25(17)16-18-6-9-22-10-7-18)21-5-4-20(14-24-21)19-3-2-8-23-13-19/h4-5,14,17-19,22-23H,2-3,6-13,15-16H2,1H3/t17-,19-/m0/s1. The van der Waals surface area contributed by atoms with E-state index in [9.17, 15) is 0 Å². The van der Waals surface area contributed by atoms with Gasteiger partial charge in [0.15, 0.2) is 0 Å². The highest BCUT2D eigenvalue weighted by molar-refractivity contribution is 5.41. The maximum atomic E-state index is 4.82. The second-order valence-corrected chi connectivity index (χ2v) is 8.48. The molecule has 4 heterocycles. The lowest BCUT2D eigenvalue weighted by Gasteiger charge is -2.42. The molecule has 5 heteroatoms. The summed E-state index contributed by atoms with van der Waals surface area (Å²) in [5, 5.41) is 6.99. The molecule has 5 nitrogen and oxygen atoms in total. The lowest BCUT2D eigenvalue weighted by molar-refractivity contribution is 0.147. The van der Waals surface area contributed by atoms with Crippen molar-refractivity contribution in [3.05, 3.63) is 23.9 Å². The fraction of sp³-hybridized carbons (Fsp3) is 0.762. The first-order valence-corrected chi connectivity index (χ1v) is 10.7. The van der Waals surface area contributed by atoms with Gasteiger partial charge in [-0.15, -0.1) is 0 Å².